The summed E-state index contributed by atoms with van der Waals surface area (Å²) >= 11 is 0. The molecule has 2 aliphatic rings. The largest absolute Gasteiger partial charge is 0.444 e. The molecular formula is C29H39F3N6O7. The number of hydrogen-bond acceptors (Lipinski definition) is 10. The van der Waals surface area contributed by atoms with Crippen LogP contribution in [0, 0.1) is 0 Å². The van der Waals surface area contributed by atoms with Gasteiger partial charge in [0.15, 0.2) is 11.5 Å². The van der Waals surface area contributed by atoms with Gasteiger partial charge in [-0.1, -0.05) is 0 Å². The van der Waals surface area contributed by atoms with Crippen LogP contribution in [-0.4, -0.2) is 79.4 Å². The lowest BCUT2D eigenvalue weighted by molar-refractivity contribution is -0.140. The summed E-state index contributed by atoms with van der Waals surface area (Å²) in [6, 6.07) is 1.54. The van der Waals surface area contributed by atoms with Crippen molar-refractivity contribution in [2.24, 2.45) is 0 Å². The van der Waals surface area contributed by atoms with Gasteiger partial charge in [-0.25, -0.2) is 24.4 Å². The van der Waals surface area contributed by atoms with E-state index in [1.165, 1.54) is 46.4 Å². The quantitative estimate of drug-likeness (QED) is 0.365. The molecule has 248 valence electrons. The molecule has 4 rings (SSSR count). The molecule has 16 heteroatoms. The SMILES string of the molecule is CC(C)(C)OC(=O)N1CC[C@]2(C1)OCCn1nc(-c3cnc(N(C(=O)OC(C)(C)C)C(=O)OC(C)(C)C)c(C(F)(F)F)n3)cc12. The highest BCUT2D eigenvalue weighted by Crippen LogP contribution is 2.41. The Balaban J connectivity index is 1.74. The zero-order valence-electron chi connectivity index (χ0n) is 26.9. The van der Waals surface area contributed by atoms with Gasteiger partial charge in [0, 0.05) is 13.0 Å². The van der Waals surface area contributed by atoms with Gasteiger partial charge in [0.05, 0.1) is 31.6 Å². The second kappa shape index (κ2) is 11.4. The molecule has 2 aliphatic heterocycles. The minimum atomic E-state index is -5.15. The minimum Gasteiger partial charge on any atom is -0.444 e. The van der Waals surface area contributed by atoms with E-state index in [0.717, 1.165) is 6.20 Å². The number of anilines is 1. The molecule has 0 radical (unpaired) electrons. The lowest BCUT2D eigenvalue weighted by Gasteiger charge is -2.34. The zero-order valence-corrected chi connectivity index (χ0v) is 26.9. The van der Waals surface area contributed by atoms with Crippen LogP contribution in [0.2, 0.25) is 0 Å². The molecule has 4 heterocycles. The Labute approximate surface area is 259 Å². The topological polar surface area (TPSA) is 138 Å². The number of fused-ring (bicyclic) bond motifs is 2. The lowest BCUT2D eigenvalue weighted by Crippen LogP contribution is -2.45. The van der Waals surface area contributed by atoms with Crippen molar-refractivity contribution in [1.29, 1.82) is 0 Å². The number of hydrogen-bond donors (Lipinski definition) is 0. The molecule has 0 N–H and O–H groups in total. The summed E-state index contributed by atoms with van der Waals surface area (Å²) < 4.78 is 67.1. The number of nitrogens with zero attached hydrogens (tertiary/aromatic N) is 6. The highest BCUT2D eigenvalue weighted by atomic mass is 19.4. The van der Waals surface area contributed by atoms with Crippen molar-refractivity contribution >= 4 is 24.1 Å². The summed E-state index contributed by atoms with van der Waals surface area (Å²) in [7, 11) is 0. The van der Waals surface area contributed by atoms with E-state index < -0.39 is 58.4 Å². The third-order valence-electron chi connectivity index (χ3n) is 6.46. The number of likely N-dealkylation sites (tertiary alicyclic amines) is 1. The number of carbonyl (C=O) groups excluding carboxylic acids is 3. The maximum Gasteiger partial charge on any atom is 0.437 e. The average molecular weight is 641 g/mol. The van der Waals surface area contributed by atoms with Gasteiger partial charge in [-0.2, -0.15) is 23.2 Å². The molecule has 1 fully saturated rings. The number of aromatic nitrogens is 4. The fourth-order valence-corrected chi connectivity index (χ4v) is 4.79. The third-order valence-corrected chi connectivity index (χ3v) is 6.46. The van der Waals surface area contributed by atoms with E-state index in [2.05, 4.69) is 15.1 Å². The summed E-state index contributed by atoms with van der Waals surface area (Å²) in [5.41, 5.74) is -5.24. The van der Waals surface area contributed by atoms with Gasteiger partial charge in [0.2, 0.25) is 0 Å². The van der Waals surface area contributed by atoms with Crippen molar-refractivity contribution in [1.82, 2.24) is 24.6 Å². The Morgan fingerprint density at radius 1 is 0.889 bits per heavy atom. The predicted octanol–water partition coefficient (Wildman–Crippen LogP) is 5.90. The molecule has 1 saturated heterocycles. The van der Waals surface area contributed by atoms with Gasteiger partial charge in [-0.15, -0.1) is 0 Å². The summed E-state index contributed by atoms with van der Waals surface area (Å²) in [5.74, 6) is -1.11. The normalized spacial score (nSPS) is 18.9. The Bertz CT molecular complexity index is 1440. The fourth-order valence-electron chi connectivity index (χ4n) is 4.79. The molecule has 0 unspecified atom stereocenters. The Kier molecular flexibility index (Phi) is 8.63. The third kappa shape index (κ3) is 7.83. The van der Waals surface area contributed by atoms with Gasteiger partial charge < -0.3 is 23.8 Å². The summed E-state index contributed by atoms with van der Waals surface area (Å²) in [6.45, 7) is 15.3. The Morgan fingerprint density at radius 3 is 2.00 bits per heavy atom. The van der Waals surface area contributed by atoms with Gasteiger partial charge >= 0.3 is 24.5 Å². The maximum atomic E-state index is 14.5. The first-order valence-electron chi connectivity index (χ1n) is 14.4. The van der Waals surface area contributed by atoms with E-state index in [9.17, 15) is 27.6 Å². The molecule has 2 aromatic heterocycles. The van der Waals surface area contributed by atoms with E-state index in [0.29, 0.717) is 25.2 Å². The molecule has 0 aromatic carbocycles. The van der Waals surface area contributed by atoms with Crippen LogP contribution >= 0.6 is 0 Å². The van der Waals surface area contributed by atoms with Crippen molar-refractivity contribution in [3.05, 3.63) is 23.7 Å². The van der Waals surface area contributed by atoms with Gasteiger partial charge in [0.1, 0.15) is 33.8 Å². The van der Waals surface area contributed by atoms with E-state index in [4.69, 9.17) is 18.9 Å². The smallest absolute Gasteiger partial charge is 0.437 e. The molecule has 0 bridgehead atoms. The van der Waals surface area contributed by atoms with Crippen LogP contribution in [0.15, 0.2) is 12.3 Å². The van der Waals surface area contributed by atoms with Crippen molar-refractivity contribution < 1.29 is 46.5 Å². The second-order valence-electron chi connectivity index (χ2n) is 13.9. The number of carbonyl (C=O) groups is 3. The number of rotatable bonds is 2. The average Bonchev–Trinajstić information content (AvgIpc) is 3.47. The van der Waals surface area contributed by atoms with Crippen molar-refractivity contribution in [3.8, 4) is 11.4 Å². The number of ether oxygens (including phenoxy) is 4. The van der Waals surface area contributed by atoms with Crippen molar-refractivity contribution in [2.75, 3.05) is 24.6 Å². The predicted molar refractivity (Wildman–Crippen MR) is 153 cm³/mol. The summed E-state index contributed by atoms with van der Waals surface area (Å²) in [5, 5.41) is 4.47. The number of amides is 3. The molecule has 0 aliphatic carbocycles. The first kappa shape index (κ1) is 33.9. The maximum absolute atomic E-state index is 14.5. The number of imide groups is 1. The van der Waals surface area contributed by atoms with Crippen molar-refractivity contribution in [2.45, 2.75) is 104 Å². The monoisotopic (exact) mass is 640 g/mol. The molecule has 45 heavy (non-hydrogen) atoms. The van der Waals surface area contributed by atoms with Crippen LogP contribution in [0.5, 0.6) is 0 Å². The van der Waals surface area contributed by atoms with Gasteiger partial charge in [0.25, 0.3) is 0 Å². The van der Waals surface area contributed by atoms with Crippen LogP contribution < -0.4 is 4.90 Å². The molecule has 1 atom stereocenters. The van der Waals surface area contributed by atoms with E-state index >= 15 is 0 Å². The molecule has 0 saturated carbocycles. The standard InChI is InChI=1S/C29H39F3N6O7/c1-25(2,3)43-22(39)36-11-10-28(16-36)19-14-17(35-37(19)12-13-42-28)18-15-33-21(20(34-18)29(30,31)32)38(23(40)44-26(4,5)6)24(41)45-27(7,8)9/h14-15H,10-13,16H2,1-9H3/t28-/m1/s1. The summed E-state index contributed by atoms with van der Waals surface area (Å²) in [4.78, 5) is 48.1. The minimum absolute atomic E-state index is 0.0521. The number of halogens is 3. The van der Waals surface area contributed by atoms with Crippen LogP contribution in [0.25, 0.3) is 11.4 Å². The molecule has 1 spiro atoms. The van der Waals surface area contributed by atoms with Crippen LogP contribution in [-0.2, 0) is 37.3 Å². The Hall–Kier alpha value is -3.95. The zero-order chi connectivity index (χ0) is 33.8. The van der Waals surface area contributed by atoms with Gasteiger partial charge in [-0.05, 0) is 68.4 Å². The van der Waals surface area contributed by atoms with Crippen LogP contribution in [0.3, 0.4) is 0 Å². The highest BCUT2D eigenvalue weighted by Gasteiger charge is 2.48. The van der Waals surface area contributed by atoms with Gasteiger partial charge in [-0.3, -0.25) is 4.68 Å². The van der Waals surface area contributed by atoms with E-state index in [1.54, 1.807) is 31.5 Å². The first-order valence-corrected chi connectivity index (χ1v) is 14.4. The molecule has 13 nitrogen and oxygen atoms in total. The van der Waals surface area contributed by atoms with Crippen LogP contribution in [0.4, 0.5) is 33.4 Å². The fraction of sp³-hybridized carbons (Fsp3) is 0.655. The van der Waals surface area contributed by atoms with E-state index in [-0.39, 0.29) is 29.4 Å². The van der Waals surface area contributed by atoms with E-state index in [1.807, 2.05) is 0 Å². The lowest BCUT2D eigenvalue weighted by atomic mass is 9.96. The molecule has 2 aromatic rings. The first-order chi connectivity index (χ1) is 20.5. The second-order valence-corrected chi connectivity index (χ2v) is 13.9. The molecular weight excluding hydrogens is 601 g/mol. The van der Waals surface area contributed by atoms with Crippen LogP contribution in [0.1, 0.15) is 80.1 Å². The highest BCUT2D eigenvalue weighted by molar-refractivity contribution is 6.09. The molecule has 3 amide bonds. The number of alkyl halides is 3. The summed E-state index contributed by atoms with van der Waals surface area (Å²) in [6.07, 6.45) is -7.10. The van der Waals surface area contributed by atoms with Crippen molar-refractivity contribution in [3.63, 3.8) is 0 Å². The Morgan fingerprint density at radius 2 is 1.47 bits per heavy atom.